The number of anilines is 1. The minimum Gasteiger partial charge on any atom is -0.478 e. The van der Waals surface area contributed by atoms with E-state index in [1.54, 1.807) is 18.2 Å². The SMILES string of the molecule is O=C(O)c1cc(I)ccc1NC(=O)[C@H](Cc1ccccc1)NCc1ccccc1. The van der Waals surface area contributed by atoms with E-state index in [4.69, 9.17) is 0 Å². The van der Waals surface area contributed by atoms with Gasteiger partial charge in [-0.25, -0.2) is 4.79 Å². The molecule has 0 fully saturated rings. The van der Waals surface area contributed by atoms with Crippen molar-refractivity contribution in [1.82, 2.24) is 5.32 Å². The second kappa shape index (κ2) is 10.2. The molecule has 0 radical (unpaired) electrons. The molecule has 3 N–H and O–H groups in total. The lowest BCUT2D eigenvalue weighted by molar-refractivity contribution is -0.118. The molecular weight excluding hydrogens is 479 g/mol. The third-order valence-corrected chi connectivity index (χ3v) is 5.14. The monoisotopic (exact) mass is 500 g/mol. The lowest BCUT2D eigenvalue weighted by Crippen LogP contribution is -2.42. The van der Waals surface area contributed by atoms with E-state index >= 15 is 0 Å². The van der Waals surface area contributed by atoms with Gasteiger partial charge in [-0.1, -0.05) is 60.7 Å². The summed E-state index contributed by atoms with van der Waals surface area (Å²) in [6.45, 7) is 0.532. The summed E-state index contributed by atoms with van der Waals surface area (Å²) in [6.07, 6.45) is 0.492. The van der Waals surface area contributed by atoms with Crippen LogP contribution in [0, 0.1) is 3.57 Å². The summed E-state index contributed by atoms with van der Waals surface area (Å²) in [5.41, 5.74) is 2.46. The molecule has 0 unspecified atom stereocenters. The van der Waals surface area contributed by atoms with Gasteiger partial charge in [-0.05, 0) is 58.3 Å². The zero-order chi connectivity index (χ0) is 20.6. The second-order valence-electron chi connectivity index (χ2n) is 6.59. The Morgan fingerprint density at radius 1 is 0.897 bits per heavy atom. The van der Waals surface area contributed by atoms with Gasteiger partial charge < -0.3 is 15.7 Å². The third kappa shape index (κ3) is 6.13. The molecule has 3 aromatic carbocycles. The van der Waals surface area contributed by atoms with E-state index in [9.17, 15) is 14.7 Å². The second-order valence-corrected chi connectivity index (χ2v) is 7.84. The maximum atomic E-state index is 13.0. The van der Waals surface area contributed by atoms with E-state index in [0.29, 0.717) is 18.7 Å². The van der Waals surface area contributed by atoms with Crippen molar-refractivity contribution >= 4 is 40.2 Å². The summed E-state index contributed by atoms with van der Waals surface area (Å²) in [7, 11) is 0. The predicted octanol–water partition coefficient (Wildman–Crippen LogP) is 4.33. The Balaban J connectivity index is 1.79. The largest absolute Gasteiger partial charge is 0.478 e. The van der Waals surface area contributed by atoms with Crippen LogP contribution in [0.1, 0.15) is 21.5 Å². The van der Waals surface area contributed by atoms with E-state index in [2.05, 4.69) is 10.6 Å². The molecule has 0 saturated heterocycles. The van der Waals surface area contributed by atoms with Gasteiger partial charge in [0.2, 0.25) is 5.91 Å². The Morgan fingerprint density at radius 3 is 2.14 bits per heavy atom. The zero-order valence-electron chi connectivity index (χ0n) is 15.6. The van der Waals surface area contributed by atoms with Gasteiger partial charge in [0.25, 0.3) is 0 Å². The number of aromatic carboxylic acids is 1. The standard InChI is InChI=1S/C23H21IN2O3/c24-18-11-12-20(19(14-18)23(28)29)26-22(27)21(13-16-7-3-1-4-8-16)25-15-17-9-5-2-6-10-17/h1-12,14,21,25H,13,15H2,(H,26,27)(H,28,29)/t21-/m0/s1. The maximum Gasteiger partial charge on any atom is 0.337 e. The van der Waals surface area contributed by atoms with Crippen LogP contribution >= 0.6 is 22.6 Å². The quantitative estimate of drug-likeness (QED) is 0.403. The summed E-state index contributed by atoms with van der Waals surface area (Å²) >= 11 is 2.05. The molecule has 0 aliphatic carbocycles. The number of nitrogens with one attached hydrogen (secondary N) is 2. The van der Waals surface area contributed by atoms with Crippen LogP contribution in [0.3, 0.4) is 0 Å². The number of carbonyl (C=O) groups is 2. The lowest BCUT2D eigenvalue weighted by Gasteiger charge is -2.19. The van der Waals surface area contributed by atoms with Crippen LogP contribution in [0.5, 0.6) is 0 Å². The van der Waals surface area contributed by atoms with Crippen LogP contribution in [-0.2, 0) is 17.8 Å². The number of halogens is 1. The molecule has 0 heterocycles. The van der Waals surface area contributed by atoms with Gasteiger partial charge in [-0.2, -0.15) is 0 Å². The van der Waals surface area contributed by atoms with Gasteiger partial charge in [-0.15, -0.1) is 0 Å². The van der Waals surface area contributed by atoms with E-state index < -0.39 is 12.0 Å². The van der Waals surface area contributed by atoms with E-state index in [1.165, 1.54) is 0 Å². The van der Waals surface area contributed by atoms with Gasteiger partial charge in [0.15, 0.2) is 0 Å². The molecule has 6 heteroatoms. The first kappa shape index (κ1) is 21.0. The summed E-state index contributed by atoms with van der Waals surface area (Å²) < 4.78 is 0.793. The molecule has 0 saturated carbocycles. The van der Waals surface area contributed by atoms with E-state index in [1.807, 2.05) is 83.3 Å². The number of amides is 1. The number of carbonyl (C=O) groups excluding carboxylic acids is 1. The van der Waals surface area contributed by atoms with Crippen molar-refractivity contribution in [1.29, 1.82) is 0 Å². The summed E-state index contributed by atoms with van der Waals surface area (Å²) in [6, 6.07) is 24.0. The number of rotatable bonds is 8. The van der Waals surface area contributed by atoms with E-state index in [-0.39, 0.29) is 11.5 Å². The Morgan fingerprint density at radius 2 is 1.52 bits per heavy atom. The molecular formula is C23H21IN2O3. The van der Waals surface area contributed by atoms with Gasteiger partial charge in [0.05, 0.1) is 17.3 Å². The molecule has 1 atom stereocenters. The Labute approximate surface area is 183 Å². The Hall–Kier alpha value is -2.71. The number of benzene rings is 3. The molecule has 3 aromatic rings. The molecule has 0 aliphatic heterocycles. The van der Waals surface area contributed by atoms with Crippen molar-refractivity contribution in [3.63, 3.8) is 0 Å². The molecule has 0 aliphatic rings. The van der Waals surface area contributed by atoms with Crippen molar-refractivity contribution in [3.8, 4) is 0 Å². The molecule has 0 spiro atoms. The molecule has 29 heavy (non-hydrogen) atoms. The van der Waals surface area contributed by atoms with Crippen molar-refractivity contribution in [2.75, 3.05) is 5.32 Å². The minimum atomic E-state index is -1.07. The van der Waals surface area contributed by atoms with Crippen LogP contribution in [0.15, 0.2) is 78.9 Å². The van der Waals surface area contributed by atoms with Crippen LogP contribution in [0.2, 0.25) is 0 Å². The first-order valence-electron chi connectivity index (χ1n) is 9.18. The van der Waals surface area contributed by atoms with Gasteiger partial charge >= 0.3 is 5.97 Å². The first-order chi connectivity index (χ1) is 14.0. The summed E-state index contributed by atoms with van der Waals surface area (Å²) in [5.74, 6) is -1.34. The number of hydrogen-bond acceptors (Lipinski definition) is 3. The van der Waals surface area contributed by atoms with Crippen molar-refractivity contribution in [2.45, 2.75) is 19.0 Å². The topological polar surface area (TPSA) is 78.4 Å². The van der Waals surface area contributed by atoms with Crippen molar-refractivity contribution in [3.05, 3.63) is 99.1 Å². The maximum absolute atomic E-state index is 13.0. The fourth-order valence-electron chi connectivity index (χ4n) is 2.97. The highest BCUT2D eigenvalue weighted by molar-refractivity contribution is 14.1. The zero-order valence-corrected chi connectivity index (χ0v) is 17.8. The van der Waals surface area contributed by atoms with Gasteiger partial charge in [-0.3, -0.25) is 4.79 Å². The third-order valence-electron chi connectivity index (χ3n) is 4.46. The summed E-state index contributed by atoms with van der Waals surface area (Å²) in [4.78, 5) is 24.6. The number of carboxylic acid groups (broad SMARTS) is 1. The van der Waals surface area contributed by atoms with Crippen LogP contribution in [-0.4, -0.2) is 23.0 Å². The summed E-state index contributed by atoms with van der Waals surface area (Å²) in [5, 5.41) is 15.6. The highest BCUT2D eigenvalue weighted by Crippen LogP contribution is 2.20. The van der Waals surface area contributed by atoms with Crippen LogP contribution in [0.25, 0.3) is 0 Å². The average Bonchev–Trinajstić information content (AvgIpc) is 2.73. The molecule has 3 rings (SSSR count). The molecule has 5 nitrogen and oxygen atoms in total. The fourth-order valence-corrected chi connectivity index (χ4v) is 3.46. The lowest BCUT2D eigenvalue weighted by atomic mass is 10.0. The Kier molecular flexibility index (Phi) is 7.37. The minimum absolute atomic E-state index is 0.0757. The highest BCUT2D eigenvalue weighted by atomic mass is 127. The van der Waals surface area contributed by atoms with E-state index in [0.717, 1.165) is 14.7 Å². The van der Waals surface area contributed by atoms with Gasteiger partial charge in [0, 0.05) is 10.1 Å². The highest BCUT2D eigenvalue weighted by Gasteiger charge is 2.21. The molecule has 1 amide bonds. The van der Waals surface area contributed by atoms with Crippen molar-refractivity contribution in [2.24, 2.45) is 0 Å². The van der Waals surface area contributed by atoms with Crippen LogP contribution < -0.4 is 10.6 Å². The van der Waals surface area contributed by atoms with Crippen molar-refractivity contribution < 1.29 is 14.7 Å². The number of carboxylic acids is 1. The predicted molar refractivity (Wildman–Crippen MR) is 122 cm³/mol. The molecule has 0 bridgehead atoms. The smallest absolute Gasteiger partial charge is 0.337 e. The fraction of sp³-hybridized carbons (Fsp3) is 0.130. The van der Waals surface area contributed by atoms with Gasteiger partial charge in [0.1, 0.15) is 0 Å². The Bertz CT molecular complexity index is 978. The average molecular weight is 500 g/mol. The molecule has 0 aromatic heterocycles. The number of hydrogen-bond donors (Lipinski definition) is 3. The first-order valence-corrected chi connectivity index (χ1v) is 10.3. The van der Waals surface area contributed by atoms with Crippen LogP contribution in [0.4, 0.5) is 5.69 Å². The normalized spacial score (nSPS) is 11.6. The molecule has 148 valence electrons.